The molecule has 2 saturated heterocycles. The molecule has 4 aromatic heterocycles. The van der Waals surface area contributed by atoms with Gasteiger partial charge in [0.1, 0.15) is 11.6 Å². The predicted octanol–water partition coefficient (Wildman–Crippen LogP) is 6.77. The maximum absolute atomic E-state index is 12.9. The van der Waals surface area contributed by atoms with Gasteiger partial charge in [0.15, 0.2) is 0 Å². The quantitative estimate of drug-likeness (QED) is 0.184. The van der Waals surface area contributed by atoms with E-state index in [1.165, 1.54) is 25.7 Å². The number of aromatic nitrogens is 6. The van der Waals surface area contributed by atoms with Crippen LogP contribution in [0, 0.1) is 11.8 Å². The van der Waals surface area contributed by atoms with Crippen LogP contribution in [0.5, 0.6) is 0 Å². The van der Waals surface area contributed by atoms with Crippen LogP contribution in [0.3, 0.4) is 0 Å². The van der Waals surface area contributed by atoms with E-state index in [0.717, 1.165) is 74.5 Å². The summed E-state index contributed by atoms with van der Waals surface area (Å²) in [4.78, 5) is 48.9. The fraction of sp³-hybridized carbons (Fsp3) is 0.632. The van der Waals surface area contributed by atoms with Crippen LogP contribution in [0.15, 0.2) is 46.5 Å². The lowest BCUT2D eigenvalue weighted by atomic mass is 9.97. The maximum Gasteiger partial charge on any atom is 0.262 e. The number of hydrogen-bond donors (Lipinski definition) is 0. The fourth-order valence-corrected chi connectivity index (χ4v) is 7.80. The third kappa shape index (κ3) is 7.86. The molecular weight excluding hydrogens is 600 g/mol. The highest BCUT2D eigenvalue weighted by Gasteiger charge is 2.30. The molecule has 0 aromatic carbocycles. The molecule has 4 aromatic rings. The Balaban J connectivity index is 0.000000188. The summed E-state index contributed by atoms with van der Waals surface area (Å²) < 4.78 is 3.70. The third-order valence-corrected chi connectivity index (χ3v) is 10.2. The van der Waals surface area contributed by atoms with Crippen molar-refractivity contribution in [1.82, 2.24) is 38.9 Å². The zero-order chi connectivity index (χ0) is 34.2. The van der Waals surface area contributed by atoms with Gasteiger partial charge in [-0.3, -0.25) is 38.5 Å². The molecule has 6 rings (SSSR count). The summed E-state index contributed by atoms with van der Waals surface area (Å²) in [5.41, 5.74) is 1.61. The van der Waals surface area contributed by atoms with Crippen LogP contribution in [0.4, 0.5) is 0 Å². The Morgan fingerprint density at radius 2 is 1.10 bits per heavy atom. The molecule has 2 fully saturated rings. The van der Waals surface area contributed by atoms with Gasteiger partial charge < -0.3 is 0 Å². The number of piperidine rings is 2. The molecular formula is C38H56N8O2. The second-order valence-electron chi connectivity index (χ2n) is 13.9. The van der Waals surface area contributed by atoms with Gasteiger partial charge in [0, 0.05) is 51.0 Å². The summed E-state index contributed by atoms with van der Waals surface area (Å²) in [5.74, 6) is 3.28. The van der Waals surface area contributed by atoms with Crippen molar-refractivity contribution in [3.63, 3.8) is 0 Å². The first-order valence-electron chi connectivity index (χ1n) is 18.5. The van der Waals surface area contributed by atoms with Crippen LogP contribution < -0.4 is 11.1 Å². The van der Waals surface area contributed by atoms with Gasteiger partial charge in [-0.05, 0) is 89.4 Å². The van der Waals surface area contributed by atoms with Gasteiger partial charge in [0.2, 0.25) is 0 Å². The Hall–Kier alpha value is -3.50. The van der Waals surface area contributed by atoms with E-state index in [1.54, 1.807) is 24.8 Å². The molecule has 0 spiro atoms. The summed E-state index contributed by atoms with van der Waals surface area (Å²) in [6.07, 6.45) is 16.0. The largest absolute Gasteiger partial charge is 0.295 e. The minimum atomic E-state index is 0.0387. The fourth-order valence-electron chi connectivity index (χ4n) is 7.80. The number of pyridine rings is 2. The Kier molecular flexibility index (Phi) is 12.5. The van der Waals surface area contributed by atoms with Gasteiger partial charge >= 0.3 is 0 Å². The Bertz CT molecular complexity index is 1640. The van der Waals surface area contributed by atoms with E-state index < -0.39 is 0 Å². The Labute approximate surface area is 285 Å². The minimum Gasteiger partial charge on any atom is -0.295 e. The third-order valence-electron chi connectivity index (χ3n) is 10.2. The molecule has 0 amide bonds. The van der Waals surface area contributed by atoms with Crippen molar-refractivity contribution in [3.8, 4) is 0 Å². The summed E-state index contributed by atoms with van der Waals surface area (Å²) >= 11 is 0. The van der Waals surface area contributed by atoms with Gasteiger partial charge in [-0.2, -0.15) is 0 Å². The second kappa shape index (κ2) is 16.7. The van der Waals surface area contributed by atoms with Crippen molar-refractivity contribution in [2.24, 2.45) is 11.8 Å². The van der Waals surface area contributed by atoms with Gasteiger partial charge in [0.25, 0.3) is 11.1 Å². The van der Waals surface area contributed by atoms with Crippen molar-refractivity contribution in [1.29, 1.82) is 0 Å². The van der Waals surface area contributed by atoms with Crippen molar-refractivity contribution < 1.29 is 0 Å². The number of likely N-dealkylation sites (tertiary alicyclic amines) is 2. The average Bonchev–Trinajstić information content (AvgIpc) is 3.10. The van der Waals surface area contributed by atoms with E-state index in [0.29, 0.717) is 35.7 Å². The monoisotopic (exact) mass is 656 g/mol. The van der Waals surface area contributed by atoms with Crippen molar-refractivity contribution in [2.75, 3.05) is 26.2 Å². The highest BCUT2D eigenvalue weighted by molar-refractivity contribution is 5.76. The van der Waals surface area contributed by atoms with E-state index in [4.69, 9.17) is 9.97 Å². The van der Waals surface area contributed by atoms with Crippen LogP contribution in [0.25, 0.3) is 21.8 Å². The highest BCUT2D eigenvalue weighted by Crippen LogP contribution is 2.31. The lowest BCUT2D eigenvalue weighted by Crippen LogP contribution is -2.40. The zero-order valence-corrected chi connectivity index (χ0v) is 30.1. The smallest absolute Gasteiger partial charge is 0.262 e. The summed E-state index contributed by atoms with van der Waals surface area (Å²) in [7, 11) is 0. The lowest BCUT2D eigenvalue weighted by Gasteiger charge is -2.37. The topological polar surface area (TPSA) is 102 Å². The predicted molar refractivity (Wildman–Crippen MR) is 194 cm³/mol. The number of rotatable bonds is 10. The van der Waals surface area contributed by atoms with Gasteiger partial charge in [-0.1, -0.05) is 40.5 Å². The van der Waals surface area contributed by atoms with Crippen LogP contribution >= 0.6 is 0 Å². The molecule has 10 nitrogen and oxygen atoms in total. The molecule has 0 N–H and O–H groups in total. The van der Waals surface area contributed by atoms with Crippen molar-refractivity contribution in [2.45, 2.75) is 118 Å². The number of nitrogens with zero attached hydrogens (tertiary/aromatic N) is 8. The summed E-state index contributed by atoms with van der Waals surface area (Å²) in [6, 6.07) is 4.15. The van der Waals surface area contributed by atoms with Gasteiger partial charge in [-0.15, -0.1) is 0 Å². The SMILES string of the molecule is CCC[C@@H](c1nc2ccncc2c(=O)n1CC)N1CCC[C@@H](C)C1.CCC[C@H](c1nc2ccncc2c(=O)n1CC)N1CCC[C@@H](C)C1. The van der Waals surface area contributed by atoms with Crippen LogP contribution in [-0.4, -0.2) is 65.0 Å². The maximum atomic E-state index is 12.9. The summed E-state index contributed by atoms with van der Waals surface area (Å²) in [5, 5.41) is 1.23. The molecule has 2 aliphatic heterocycles. The standard InChI is InChI=1S/2C19H28N4O/c2*1-4-7-17(22-11-6-8-14(3)13-22)18-21-16-9-10-20-12-15(16)19(24)23(18)5-2/h2*9-10,12,14,17H,4-8,11,13H2,1-3H3/t14-,17+;14-,17-/m11/s1. The van der Waals surface area contributed by atoms with E-state index in [1.807, 2.05) is 35.1 Å². The first-order chi connectivity index (χ1) is 23.3. The van der Waals surface area contributed by atoms with E-state index in [9.17, 15) is 9.59 Å². The average molecular weight is 657 g/mol. The molecule has 0 radical (unpaired) electrons. The van der Waals surface area contributed by atoms with E-state index >= 15 is 0 Å². The minimum absolute atomic E-state index is 0.0387. The normalized spacial score (nSPS) is 20.4. The molecule has 2 aliphatic rings. The Morgan fingerprint density at radius 3 is 1.46 bits per heavy atom. The number of fused-ring (bicyclic) bond motifs is 2. The molecule has 48 heavy (non-hydrogen) atoms. The van der Waals surface area contributed by atoms with Crippen molar-refractivity contribution >= 4 is 21.8 Å². The van der Waals surface area contributed by atoms with Crippen molar-refractivity contribution in [3.05, 3.63) is 69.3 Å². The lowest BCUT2D eigenvalue weighted by molar-refractivity contribution is 0.115. The molecule has 0 saturated carbocycles. The molecule has 4 atom stereocenters. The molecule has 0 bridgehead atoms. The second-order valence-corrected chi connectivity index (χ2v) is 13.9. The first kappa shape index (κ1) is 35.8. The molecule has 10 heteroatoms. The Morgan fingerprint density at radius 1 is 0.688 bits per heavy atom. The number of hydrogen-bond acceptors (Lipinski definition) is 8. The molecule has 0 aliphatic carbocycles. The first-order valence-corrected chi connectivity index (χ1v) is 18.5. The van der Waals surface area contributed by atoms with Crippen LogP contribution in [-0.2, 0) is 13.1 Å². The van der Waals surface area contributed by atoms with E-state index in [2.05, 4.69) is 47.5 Å². The van der Waals surface area contributed by atoms with Gasteiger partial charge in [0.05, 0.1) is 33.9 Å². The van der Waals surface area contributed by atoms with Gasteiger partial charge in [-0.25, -0.2) is 9.97 Å². The van der Waals surface area contributed by atoms with Crippen LogP contribution in [0.1, 0.15) is 117 Å². The summed E-state index contributed by atoms with van der Waals surface area (Å²) in [6.45, 7) is 18.8. The van der Waals surface area contributed by atoms with Crippen LogP contribution in [0.2, 0.25) is 0 Å². The molecule has 0 unspecified atom stereocenters. The van der Waals surface area contributed by atoms with E-state index in [-0.39, 0.29) is 23.2 Å². The molecule has 260 valence electrons. The molecule has 6 heterocycles. The zero-order valence-electron chi connectivity index (χ0n) is 30.1. The highest BCUT2D eigenvalue weighted by atomic mass is 16.1.